The number of nitrogens with zero attached hydrogens (tertiary/aromatic N) is 2. The Balaban J connectivity index is 1.52. The van der Waals surface area contributed by atoms with E-state index >= 15 is 0 Å². The average Bonchev–Trinajstić information content (AvgIpc) is 3.04. The Morgan fingerprint density at radius 1 is 1.19 bits per heavy atom. The van der Waals surface area contributed by atoms with Crippen LogP contribution in [0.2, 0.25) is 0 Å². The molecule has 0 fully saturated rings. The quantitative estimate of drug-likeness (QED) is 0.789. The van der Waals surface area contributed by atoms with Gasteiger partial charge in [-0.15, -0.1) is 0 Å². The van der Waals surface area contributed by atoms with E-state index < -0.39 is 0 Å². The van der Waals surface area contributed by atoms with Gasteiger partial charge in [0.05, 0.1) is 6.42 Å². The van der Waals surface area contributed by atoms with Gasteiger partial charge in [-0.2, -0.15) is 0 Å². The fraction of sp³-hybridized carbons (Fsp3) is 0.250. The maximum atomic E-state index is 12.8. The molecule has 1 aliphatic rings. The molecule has 0 saturated carbocycles. The third-order valence-electron chi connectivity index (χ3n) is 4.70. The van der Waals surface area contributed by atoms with Gasteiger partial charge in [-0.1, -0.05) is 29.4 Å². The largest absolute Gasteiger partial charge is 0.356 e. The number of rotatable bonds is 3. The summed E-state index contributed by atoms with van der Waals surface area (Å²) in [5.74, 6) is -0.0607. The van der Waals surface area contributed by atoms with Crippen molar-refractivity contribution in [2.75, 3.05) is 11.9 Å². The van der Waals surface area contributed by atoms with Crippen LogP contribution in [0.3, 0.4) is 0 Å². The predicted octanol–water partition coefficient (Wildman–Crippen LogP) is 2.91. The van der Waals surface area contributed by atoms with Crippen LogP contribution in [0.5, 0.6) is 0 Å². The zero-order valence-electron chi connectivity index (χ0n) is 14.5. The first-order valence-corrected chi connectivity index (χ1v) is 8.61. The average molecular weight is 349 g/mol. The van der Waals surface area contributed by atoms with E-state index in [4.69, 9.17) is 4.52 Å². The van der Waals surface area contributed by atoms with Crippen LogP contribution in [-0.4, -0.2) is 28.4 Å². The van der Waals surface area contributed by atoms with Crippen LogP contribution in [0.1, 0.15) is 23.7 Å². The number of fused-ring (bicyclic) bond motifs is 2. The molecule has 1 aromatic heterocycles. The Bertz CT molecular complexity index is 993. The standard InChI is InChI=1S/C20H19N3O3/c1-13(24)21-17-7-4-5-14-12-23(10-9-15(14)17)20(25)11-18-16-6-2-3-8-19(16)26-22-18/h2-8H,9-12H2,1H3,(H,21,24). The molecule has 6 heteroatoms. The molecule has 0 bridgehead atoms. The van der Waals surface area contributed by atoms with Crippen LogP contribution in [0, 0.1) is 0 Å². The van der Waals surface area contributed by atoms with E-state index in [0.717, 1.165) is 28.6 Å². The van der Waals surface area contributed by atoms with Gasteiger partial charge in [-0.05, 0) is 35.7 Å². The summed E-state index contributed by atoms with van der Waals surface area (Å²) < 4.78 is 5.29. The van der Waals surface area contributed by atoms with Crippen LogP contribution < -0.4 is 5.32 Å². The van der Waals surface area contributed by atoms with Gasteiger partial charge in [-0.25, -0.2) is 0 Å². The summed E-state index contributed by atoms with van der Waals surface area (Å²) in [5.41, 5.74) is 4.38. The van der Waals surface area contributed by atoms with Crippen molar-refractivity contribution in [2.45, 2.75) is 26.3 Å². The molecule has 1 N–H and O–H groups in total. The minimum absolute atomic E-state index is 0.0274. The minimum atomic E-state index is -0.0881. The summed E-state index contributed by atoms with van der Waals surface area (Å²) in [6.45, 7) is 2.66. The van der Waals surface area contributed by atoms with Gasteiger partial charge in [0.1, 0.15) is 5.69 Å². The Kier molecular flexibility index (Phi) is 4.16. The lowest BCUT2D eigenvalue weighted by Crippen LogP contribution is -2.37. The highest BCUT2D eigenvalue weighted by atomic mass is 16.5. The van der Waals surface area contributed by atoms with E-state index in [2.05, 4.69) is 10.5 Å². The van der Waals surface area contributed by atoms with Crippen LogP contribution in [0.15, 0.2) is 47.0 Å². The topological polar surface area (TPSA) is 75.4 Å². The Morgan fingerprint density at radius 3 is 2.88 bits per heavy atom. The molecule has 0 radical (unpaired) electrons. The van der Waals surface area contributed by atoms with E-state index in [9.17, 15) is 9.59 Å². The molecule has 132 valence electrons. The molecular formula is C20H19N3O3. The molecule has 6 nitrogen and oxygen atoms in total. The van der Waals surface area contributed by atoms with Crippen molar-refractivity contribution in [3.05, 3.63) is 59.3 Å². The molecule has 0 saturated heterocycles. The van der Waals surface area contributed by atoms with Crippen molar-refractivity contribution in [3.8, 4) is 0 Å². The van der Waals surface area contributed by atoms with Gasteiger partial charge >= 0.3 is 0 Å². The van der Waals surface area contributed by atoms with Crippen LogP contribution in [-0.2, 0) is 29.0 Å². The van der Waals surface area contributed by atoms with E-state index in [1.165, 1.54) is 6.92 Å². The number of anilines is 1. The number of hydrogen-bond donors (Lipinski definition) is 1. The molecule has 4 rings (SSSR count). The lowest BCUT2D eigenvalue weighted by atomic mass is 9.97. The van der Waals surface area contributed by atoms with Crippen molar-refractivity contribution < 1.29 is 14.1 Å². The lowest BCUT2D eigenvalue weighted by Gasteiger charge is -2.30. The lowest BCUT2D eigenvalue weighted by molar-refractivity contribution is -0.131. The first-order chi connectivity index (χ1) is 12.6. The smallest absolute Gasteiger partial charge is 0.229 e. The second kappa shape index (κ2) is 6.63. The van der Waals surface area contributed by atoms with Crippen molar-refractivity contribution in [1.82, 2.24) is 10.1 Å². The van der Waals surface area contributed by atoms with Crippen LogP contribution in [0.4, 0.5) is 5.69 Å². The number of carbonyl (C=O) groups excluding carboxylic acids is 2. The predicted molar refractivity (Wildman–Crippen MR) is 97.6 cm³/mol. The summed E-state index contributed by atoms with van der Waals surface area (Å²) in [4.78, 5) is 26.0. The summed E-state index contributed by atoms with van der Waals surface area (Å²) in [6.07, 6.45) is 0.939. The van der Waals surface area contributed by atoms with Crippen molar-refractivity contribution in [1.29, 1.82) is 0 Å². The zero-order chi connectivity index (χ0) is 18.1. The summed E-state index contributed by atoms with van der Waals surface area (Å²) >= 11 is 0. The number of aromatic nitrogens is 1. The third-order valence-corrected chi connectivity index (χ3v) is 4.70. The van der Waals surface area contributed by atoms with Gasteiger partial charge in [0.15, 0.2) is 5.58 Å². The fourth-order valence-corrected chi connectivity index (χ4v) is 3.45. The molecule has 0 spiro atoms. The second-order valence-electron chi connectivity index (χ2n) is 6.49. The molecule has 26 heavy (non-hydrogen) atoms. The Labute approximate surface area is 150 Å². The Hall–Kier alpha value is -3.15. The number of para-hydroxylation sites is 1. The summed E-state index contributed by atoms with van der Waals surface area (Å²) in [7, 11) is 0. The number of benzene rings is 2. The molecule has 2 aromatic carbocycles. The normalized spacial score (nSPS) is 13.5. The highest BCUT2D eigenvalue weighted by Gasteiger charge is 2.24. The van der Waals surface area contributed by atoms with Crippen LogP contribution in [0.25, 0.3) is 11.0 Å². The molecule has 0 atom stereocenters. The summed E-state index contributed by atoms with van der Waals surface area (Å²) in [5, 5.41) is 7.80. The first kappa shape index (κ1) is 16.3. The van der Waals surface area contributed by atoms with Gasteiger partial charge < -0.3 is 14.7 Å². The van der Waals surface area contributed by atoms with Crippen molar-refractivity contribution >= 4 is 28.5 Å². The monoisotopic (exact) mass is 349 g/mol. The van der Waals surface area contributed by atoms with E-state index in [0.29, 0.717) is 24.4 Å². The van der Waals surface area contributed by atoms with Gasteiger partial charge in [0, 0.05) is 31.1 Å². The molecule has 2 heterocycles. The Morgan fingerprint density at radius 2 is 2.04 bits per heavy atom. The minimum Gasteiger partial charge on any atom is -0.356 e. The highest BCUT2D eigenvalue weighted by Crippen LogP contribution is 2.27. The van der Waals surface area contributed by atoms with E-state index in [1.807, 2.05) is 47.4 Å². The molecular weight excluding hydrogens is 330 g/mol. The van der Waals surface area contributed by atoms with Crippen LogP contribution >= 0.6 is 0 Å². The van der Waals surface area contributed by atoms with Crippen molar-refractivity contribution in [3.63, 3.8) is 0 Å². The number of amides is 2. The maximum absolute atomic E-state index is 12.8. The van der Waals surface area contributed by atoms with Crippen molar-refractivity contribution in [2.24, 2.45) is 0 Å². The first-order valence-electron chi connectivity index (χ1n) is 8.61. The highest BCUT2D eigenvalue weighted by molar-refractivity contribution is 5.90. The summed E-state index contributed by atoms with van der Waals surface area (Å²) in [6, 6.07) is 13.4. The molecule has 0 unspecified atom stereocenters. The zero-order valence-corrected chi connectivity index (χ0v) is 14.5. The third kappa shape index (κ3) is 3.06. The second-order valence-corrected chi connectivity index (χ2v) is 6.49. The SMILES string of the molecule is CC(=O)Nc1cccc2c1CCN(C(=O)Cc1noc3ccccc13)C2. The van der Waals surface area contributed by atoms with E-state index in [1.54, 1.807) is 0 Å². The number of carbonyl (C=O) groups is 2. The maximum Gasteiger partial charge on any atom is 0.229 e. The fourth-order valence-electron chi connectivity index (χ4n) is 3.45. The molecule has 1 aliphatic heterocycles. The van der Waals surface area contributed by atoms with Gasteiger partial charge in [0.2, 0.25) is 11.8 Å². The van der Waals surface area contributed by atoms with E-state index in [-0.39, 0.29) is 18.2 Å². The number of hydrogen-bond acceptors (Lipinski definition) is 4. The van der Waals surface area contributed by atoms with Gasteiger partial charge in [0.25, 0.3) is 0 Å². The molecule has 3 aromatic rings. The molecule has 2 amide bonds. The van der Waals surface area contributed by atoms with Gasteiger partial charge in [-0.3, -0.25) is 9.59 Å². The number of nitrogens with one attached hydrogen (secondary N) is 1. The molecule has 0 aliphatic carbocycles.